The first-order chi connectivity index (χ1) is 11.9. The van der Waals surface area contributed by atoms with E-state index in [0.29, 0.717) is 29.2 Å². The van der Waals surface area contributed by atoms with Gasteiger partial charge >= 0.3 is 0 Å². The summed E-state index contributed by atoms with van der Waals surface area (Å²) in [5, 5.41) is 1.18. The SMILES string of the molecule is COc1cc2c(c(Cl)c1Cl)C(=O)[C@](C/C=C(/C)Cl)(c1ccccc1)C2. The summed E-state index contributed by atoms with van der Waals surface area (Å²) in [5.41, 5.74) is 1.54. The number of halogens is 3. The van der Waals surface area contributed by atoms with Crippen molar-refractivity contribution in [2.24, 2.45) is 0 Å². The molecule has 5 heteroatoms. The molecular weight excluding hydrogens is 379 g/mol. The number of hydrogen-bond acceptors (Lipinski definition) is 2. The van der Waals surface area contributed by atoms with E-state index < -0.39 is 5.41 Å². The molecule has 0 spiro atoms. The van der Waals surface area contributed by atoms with Crippen molar-refractivity contribution in [1.29, 1.82) is 0 Å². The fourth-order valence-electron chi connectivity index (χ4n) is 3.42. The van der Waals surface area contributed by atoms with E-state index in [4.69, 9.17) is 39.5 Å². The fraction of sp³-hybridized carbons (Fsp3) is 0.250. The van der Waals surface area contributed by atoms with Gasteiger partial charge in [-0.1, -0.05) is 71.2 Å². The van der Waals surface area contributed by atoms with E-state index in [9.17, 15) is 4.79 Å². The molecule has 0 aromatic heterocycles. The van der Waals surface area contributed by atoms with E-state index in [1.807, 2.05) is 42.5 Å². The Balaban J connectivity index is 2.20. The summed E-state index contributed by atoms with van der Waals surface area (Å²) in [4.78, 5) is 13.4. The van der Waals surface area contributed by atoms with Crippen LogP contribution in [0.25, 0.3) is 0 Å². The average Bonchev–Trinajstić information content (AvgIpc) is 2.90. The van der Waals surface area contributed by atoms with Crippen molar-refractivity contribution >= 4 is 40.6 Å². The third-order valence-corrected chi connectivity index (χ3v) is 5.69. The number of rotatable bonds is 4. The van der Waals surface area contributed by atoms with Crippen LogP contribution in [0.5, 0.6) is 5.75 Å². The van der Waals surface area contributed by atoms with Crippen LogP contribution in [-0.4, -0.2) is 12.9 Å². The van der Waals surface area contributed by atoms with Crippen LogP contribution >= 0.6 is 34.8 Å². The predicted molar refractivity (Wildman–Crippen MR) is 103 cm³/mol. The molecule has 0 aliphatic heterocycles. The third-order valence-electron chi connectivity index (χ3n) is 4.69. The van der Waals surface area contributed by atoms with Crippen molar-refractivity contribution in [2.75, 3.05) is 7.11 Å². The minimum atomic E-state index is -0.737. The normalized spacial score (nSPS) is 19.9. The molecule has 2 aromatic rings. The molecule has 1 aliphatic rings. The first kappa shape index (κ1) is 18.3. The van der Waals surface area contributed by atoms with Gasteiger partial charge in [-0.25, -0.2) is 0 Å². The summed E-state index contributed by atoms with van der Waals surface area (Å²) in [6.07, 6.45) is 2.90. The molecule has 0 heterocycles. The number of ketones is 1. The van der Waals surface area contributed by atoms with Gasteiger partial charge in [0.15, 0.2) is 5.78 Å². The third kappa shape index (κ3) is 3.08. The molecule has 130 valence electrons. The van der Waals surface area contributed by atoms with Crippen LogP contribution < -0.4 is 4.74 Å². The molecule has 0 unspecified atom stereocenters. The minimum Gasteiger partial charge on any atom is -0.495 e. The standard InChI is InChI=1S/C20H17Cl3O2/c1-12(21)8-9-20(14-6-4-3-5-7-14)11-13-10-15(25-2)17(22)18(23)16(13)19(20)24/h3-8,10H,9,11H2,1-2H3/b12-8-/t20-/m0/s1. The lowest BCUT2D eigenvalue weighted by Gasteiger charge is -2.27. The lowest BCUT2D eigenvalue weighted by atomic mass is 9.74. The van der Waals surface area contributed by atoms with Crippen LogP contribution in [0, 0.1) is 0 Å². The molecular formula is C20H17Cl3O2. The maximum absolute atomic E-state index is 13.4. The zero-order chi connectivity index (χ0) is 18.2. The molecule has 0 bridgehead atoms. The average molecular weight is 396 g/mol. The van der Waals surface area contributed by atoms with E-state index in [1.54, 1.807) is 6.92 Å². The number of benzene rings is 2. The zero-order valence-corrected chi connectivity index (χ0v) is 16.2. The Morgan fingerprint density at radius 1 is 1.24 bits per heavy atom. The van der Waals surface area contributed by atoms with Crippen LogP contribution in [0.15, 0.2) is 47.5 Å². The number of fused-ring (bicyclic) bond motifs is 1. The summed E-state index contributed by atoms with van der Waals surface area (Å²) in [7, 11) is 1.53. The Kier molecular flexibility index (Phi) is 5.15. The molecule has 0 radical (unpaired) electrons. The smallest absolute Gasteiger partial charge is 0.175 e. The number of methoxy groups -OCH3 is 1. The van der Waals surface area contributed by atoms with Gasteiger partial charge in [-0.05, 0) is 37.0 Å². The first-order valence-electron chi connectivity index (χ1n) is 7.88. The Bertz CT molecular complexity index is 855. The summed E-state index contributed by atoms with van der Waals surface area (Å²) in [6.45, 7) is 1.81. The molecule has 0 N–H and O–H groups in total. The molecule has 0 saturated heterocycles. The molecule has 25 heavy (non-hydrogen) atoms. The van der Waals surface area contributed by atoms with Crippen LogP contribution in [0.2, 0.25) is 10.0 Å². The van der Waals surface area contributed by atoms with Crippen molar-refractivity contribution in [3.05, 3.63) is 74.2 Å². The van der Waals surface area contributed by atoms with Gasteiger partial charge in [-0.3, -0.25) is 4.79 Å². The highest BCUT2D eigenvalue weighted by Gasteiger charge is 2.47. The van der Waals surface area contributed by atoms with Crippen molar-refractivity contribution in [1.82, 2.24) is 0 Å². The topological polar surface area (TPSA) is 26.3 Å². The van der Waals surface area contributed by atoms with Gasteiger partial charge in [0.25, 0.3) is 0 Å². The molecule has 2 nitrogen and oxygen atoms in total. The zero-order valence-electron chi connectivity index (χ0n) is 13.9. The Morgan fingerprint density at radius 3 is 2.52 bits per heavy atom. The first-order valence-corrected chi connectivity index (χ1v) is 9.01. The van der Waals surface area contributed by atoms with Gasteiger partial charge in [-0.2, -0.15) is 0 Å². The number of hydrogen-bond donors (Lipinski definition) is 0. The summed E-state index contributed by atoms with van der Waals surface area (Å²) in [5.74, 6) is 0.448. The van der Waals surface area contributed by atoms with Gasteiger partial charge in [0.1, 0.15) is 10.8 Å². The van der Waals surface area contributed by atoms with E-state index in [0.717, 1.165) is 11.1 Å². The molecule has 2 aromatic carbocycles. The van der Waals surface area contributed by atoms with Crippen LogP contribution in [0.4, 0.5) is 0 Å². The van der Waals surface area contributed by atoms with Crippen LogP contribution in [-0.2, 0) is 11.8 Å². The van der Waals surface area contributed by atoms with Gasteiger partial charge in [0.05, 0.1) is 17.5 Å². The van der Waals surface area contributed by atoms with E-state index >= 15 is 0 Å². The summed E-state index contributed by atoms with van der Waals surface area (Å²) < 4.78 is 5.30. The van der Waals surface area contributed by atoms with Gasteiger partial charge in [0, 0.05) is 10.6 Å². The molecule has 1 atom stereocenters. The van der Waals surface area contributed by atoms with E-state index in [2.05, 4.69) is 0 Å². The second-order valence-corrected chi connectivity index (χ2v) is 7.54. The maximum atomic E-state index is 13.4. The van der Waals surface area contributed by atoms with Crippen molar-refractivity contribution in [3.8, 4) is 5.75 Å². The van der Waals surface area contributed by atoms with E-state index in [-0.39, 0.29) is 15.8 Å². The second-order valence-electron chi connectivity index (χ2n) is 6.19. The van der Waals surface area contributed by atoms with Crippen molar-refractivity contribution in [3.63, 3.8) is 0 Å². The molecule has 1 aliphatic carbocycles. The Labute approximate surface area is 162 Å². The highest BCUT2D eigenvalue weighted by molar-refractivity contribution is 6.45. The number of Topliss-reactive ketones (excluding diaryl/α,β-unsaturated/α-hetero) is 1. The van der Waals surface area contributed by atoms with E-state index in [1.165, 1.54) is 7.11 Å². The monoisotopic (exact) mass is 394 g/mol. The highest BCUT2D eigenvalue weighted by atomic mass is 35.5. The summed E-state index contributed by atoms with van der Waals surface area (Å²) >= 11 is 18.7. The van der Waals surface area contributed by atoms with Crippen LogP contribution in [0.1, 0.15) is 34.8 Å². The number of allylic oxidation sites excluding steroid dienone is 2. The minimum absolute atomic E-state index is 0.0302. The Morgan fingerprint density at radius 2 is 1.92 bits per heavy atom. The predicted octanol–water partition coefficient (Wildman–Crippen LogP) is 6.21. The van der Waals surface area contributed by atoms with Gasteiger partial charge < -0.3 is 4.74 Å². The fourth-order valence-corrected chi connectivity index (χ4v) is 4.02. The molecule has 0 fully saturated rings. The molecule has 0 amide bonds. The maximum Gasteiger partial charge on any atom is 0.175 e. The Hall–Kier alpha value is -1.48. The summed E-state index contributed by atoms with van der Waals surface area (Å²) in [6, 6.07) is 11.5. The molecule has 0 saturated carbocycles. The highest BCUT2D eigenvalue weighted by Crippen LogP contribution is 2.49. The lowest BCUT2D eigenvalue weighted by Crippen LogP contribution is -2.32. The van der Waals surface area contributed by atoms with Crippen molar-refractivity contribution in [2.45, 2.75) is 25.2 Å². The lowest BCUT2D eigenvalue weighted by molar-refractivity contribution is 0.0904. The van der Waals surface area contributed by atoms with Crippen molar-refractivity contribution < 1.29 is 9.53 Å². The quantitative estimate of drug-likeness (QED) is 0.615. The number of ether oxygens (including phenoxy) is 1. The van der Waals surface area contributed by atoms with Gasteiger partial charge in [-0.15, -0.1) is 0 Å². The second kappa shape index (κ2) is 7.03. The number of carbonyl (C=O) groups is 1. The number of carbonyl (C=O) groups excluding carboxylic acids is 1. The van der Waals surface area contributed by atoms with Gasteiger partial charge in [0.2, 0.25) is 0 Å². The van der Waals surface area contributed by atoms with Crippen LogP contribution in [0.3, 0.4) is 0 Å². The largest absolute Gasteiger partial charge is 0.495 e. The molecule has 3 rings (SSSR count).